The van der Waals surface area contributed by atoms with E-state index < -0.39 is 0 Å². The summed E-state index contributed by atoms with van der Waals surface area (Å²) in [4.78, 5) is 10.8. The first-order valence-electron chi connectivity index (χ1n) is 4.84. The van der Waals surface area contributed by atoms with Crippen molar-refractivity contribution >= 4 is 5.91 Å². The fourth-order valence-corrected chi connectivity index (χ4v) is 1.38. The van der Waals surface area contributed by atoms with E-state index in [0.29, 0.717) is 12.5 Å². The Bertz CT molecular complexity index is 156. The zero-order valence-electron chi connectivity index (χ0n) is 8.14. The van der Waals surface area contributed by atoms with E-state index in [2.05, 4.69) is 10.6 Å². The number of carbonyl (C=O) groups excluding carboxylic acids is 1. The van der Waals surface area contributed by atoms with Crippen molar-refractivity contribution in [3.63, 3.8) is 0 Å². The van der Waals surface area contributed by atoms with Gasteiger partial charge in [-0.1, -0.05) is 0 Å². The molecule has 0 aromatic heterocycles. The molecule has 0 aromatic carbocycles. The van der Waals surface area contributed by atoms with Gasteiger partial charge in [0.25, 0.3) is 0 Å². The van der Waals surface area contributed by atoms with Crippen molar-refractivity contribution in [2.24, 2.45) is 0 Å². The van der Waals surface area contributed by atoms with Crippen LogP contribution in [0.4, 0.5) is 0 Å². The second-order valence-corrected chi connectivity index (χ2v) is 3.29. The summed E-state index contributed by atoms with van der Waals surface area (Å²) >= 11 is 0. The van der Waals surface area contributed by atoms with E-state index in [9.17, 15) is 4.79 Å². The molecule has 1 fully saturated rings. The predicted octanol–water partition coefficient (Wildman–Crippen LogP) is -0.109. The van der Waals surface area contributed by atoms with Gasteiger partial charge in [-0.2, -0.15) is 0 Å². The first kappa shape index (κ1) is 10.5. The number of amides is 1. The van der Waals surface area contributed by atoms with Gasteiger partial charge < -0.3 is 15.4 Å². The van der Waals surface area contributed by atoms with Crippen molar-refractivity contribution < 1.29 is 9.53 Å². The fourth-order valence-electron chi connectivity index (χ4n) is 1.38. The van der Waals surface area contributed by atoms with Crippen LogP contribution >= 0.6 is 0 Å². The molecule has 2 N–H and O–H groups in total. The highest BCUT2D eigenvalue weighted by molar-refractivity contribution is 5.75. The molecule has 1 heterocycles. The zero-order valence-corrected chi connectivity index (χ0v) is 8.14. The Labute approximate surface area is 79.0 Å². The molecular weight excluding hydrogens is 168 g/mol. The summed E-state index contributed by atoms with van der Waals surface area (Å²) in [6.07, 6.45) is 2.60. The minimum absolute atomic E-state index is 0.115. The standard InChI is InChI=1S/C9H18N2O2/c1-10-9(12)3-2-5-11-8-4-6-13-7-8/h8,11H,2-7H2,1H3,(H,10,12). The molecule has 1 saturated heterocycles. The Kier molecular flexibility index (Phi) is 4.78. The highest BCUT2D eigenvalue weighted by Crippen LogP contribution is 2.02. The molecule has 4 heteroatoms. The van der Waals surface area contributed by atoms with E-state index >= 15 is 0 Å². The maximum absolute atomic E-state index is 10.8. The third-order valence-electron chi connectivity index (χ3n) is 2.22. The van der Waals surface area contributed by atoms with E-state index in [1.165, 1.54) is 0 Å². The number of rotatable bonds is 5. The summed E-state index contributed by atoms with van der Waals surface area (Å²) in [7, 11) is 1.67. The lowest BCUT2D eigenvalue weighted by Gasteiger charge is -2.09. The molecular formula is C9H18N2O2. The molecule has 1 aliphatic heterocycles. The molecule has 0 spiro atoms. The van der Waals surface area contributed by atoms with Crippen LogP contribution < -0.4 is 10.6 Å². The summed E-state index contributed by atoms with van der Waals surface area (Å²) < 4.78 is 5.21. The highest BCUT2D eigenvalue weighted by Gasteiger charge is 2.13. The van der Waals surface area contributed by atoms with Gasteiger partial charge in [-0.3, -0.25) is 4.79 Å². The molecule has 1 amide bonds. The lowest BCUT2D eigenvalue weighted by molar-refractivity contribution is -0.120. The first-order valence-corrected chi connectivity index (χ1v) is 4.84. The van der Waals surface area contributed by atoms with Crippen LogP contribution in [0.15, 0.2) is 0 Å². The van der Waals surface area contributed by atoms with Crippen LogP contribution in [0.5, 0.6) is 0 Å². The molecule has 1 atom stereocenters. The monoisotopic (exact) mass is 186 g/mol. The van der Waals surface area contributed by atoms with Crippen molar-refractivity contribution in [2.45, 2.75) is 25.3 Å². The number of ether oxygens (including phenoxy) is 1. The maximum Gasteiger partial charge on any atom is 0.219 e. The summed E-state index contributed by atoms with van der Waals surface area (Å²) in [5.74, 6) is 0.115. The van der Waals surface area contributed by atoms with E-state index in [1.807, 2.05) is 0 Å². The molecule has 76 valence electrons. The molecule has 1 aliphatic rings. The quantitative estimate of drug-likeness (QED) is 0.589. The van der Waals surface area contributed by atoms with Crippen LogP contribution in [0.25, 0.3) is 0 Å². The number of carbonyl (C=O) groups is 1. The third kappa shape index (κ3) is 4.24. The van der Waals surface area contributed by atoms with E-state index in [0.717, 1.165) is 32.6 Å². The van der Waals surface area contributed by atoms with Gasteiger partial charge in [-0.15, -0.1) is 0 Å². The maximum atomic E-state index is 10.8. The van der Waals surface area contributed by atoms with Gasteiger partial charge in [-0.25, -0.2) is 0 Å². The van der Waals surface area contributed by atoms with Crippen molar-refractivity contribution in [3.8, 4) is 0 Å². The van der Waals surface area contributed by atoms with Gasteiger partial charge in [0, 0.05) is 26.1 Å². The molecule has 0 aliphatic carbocycles. The molecule has 0 saturated carbocycles. The highest BCUT2D eigenvalue weighted by atomic mass is 16.5. The minimum atomic E-state index is 0.115. The van der Waals surface area contributed by atoms with Gasteiger partial charge >= 0.3 is 0 Å². The second kappa shape index (κ2) is 5.94. The lowest BCUT2D eigenvalue weighted by Crippen LogP contribution is -2.30. The molecule has 1 rings (SSSR count). The SMILES string of the molecule is CNC(=O)CCCNC1CCOC1. The Morgan fingerprint density at radius 1 is 1.62 bits per heavy atom. The van der Waals surface area contributed by atoms with Gasteiger partial charge in [0.05, 0.1) is 6.61 Å². The van der Waals surface area contributed by atoms with E-state index in [4.69, 9.17) is 4.74 Å². The number of hydrogen-bond donors (Lipinski definition) is 2. The molecule has 0 aromatic rings. The summed E-state index contributed by atoms with van der Waals surface area (Å²) in [5.41, 5.74) is 0. The van der Waals surface area contributed by atoms with Crippen molar-refractivity contribution in [3.05, 3.63) is 0 Å². The Morgan fingerprint density at radius 2 is 2.46 bits per heavy atom. The Balaban J connectivity index is 1.91. The van der Waals surface area contributed by atoms with Gasteiger partial charge in [0.1, 0.15) is 0 Å². The molecule has 1 unspecified atom stereocenters. The topological polar surface area (TPSA) is 50.4 Å². The van der Waals surface area contributed by atoms with Crippen molar-refractivity contribution in [1.29, 1.82) is 0 Å². The average Bonchev–Trinajstić information content (AvgIpc) is 2.64. The van der Waals surface area contributed by atoms with Crippen LogP contribution in [0.3, 0.4) is 0 Å². The number of nitrogens with one attached hydrogen (secondary N) is 2. The van der Waals surface area contributed by atoms with Gasteiger partial charge in [-0.05, 0) is 19.4 Å². The normalized spacial score (nSPS) is 21.8. The van der Waals surface area contributed by atoms with Crippen molar-refractivity contribution in [2.75, 3.05) is 26.8 Å². The summed E-state index contributed by atoms with van der Waals surface area (Å²) in [5, 5.41) is 5.96. The largest absolute Gasteiger partial charge is 0.380 e. The smallest absolute Gasteiger partial charge is 0.219 e. The van der Waals surface area contributed by atoms with E-state index in [1.54, 1.807) is 7.05 Å². The molecule has 4 nitrogen and oxygen atoms in total. The number of hydrogen-bond acceptors (Lipinski definition) is 3. The van der Waals surface area contributed by atoms with Gasteiger partial charge in [0.2, 0.25) is 5.91 Å². The van der Waals surface area contributed by atoms with Crippen molar-refractivity contribution in [1.82, 2.24) is 10.6 Å². The zero-order chi connectivity index (χ0) is 9.52. The Hall–Kier alpha value is -0.610. The average molecular weight is 186 g/mol. The van der Waals surface area contributed by atoms with Crippen LogP contribution in [0.2, 0.25) is 0 Å². The molecule has 0 radical (unpaired) electrons. The predicted molar refractivity (Wildman–Crippen MR) is 50.5 cm³/mol. The van der Waals surface area contributed by atoms with Crippen LogP contribution in [-0.4, -0.2) is 38.8 Å². The lowest BCUT2D eigenvalue weighted by atomic mass is 10.2. The summed E-state index contributed by atoms with van der Waals surface area (Å²) in [6, 6.07) is 0.504. The van der Waals surface area contributed by atoms with Gasteiger partial charge in [0.15, 0.2) is 0 Å². The van der Waals surface area contributed by atoms with E-state index in [-0.39, 0.29) is 5.91 Å². The van der Waals surface area contributed by atoms with Crippen LogP contribution in [-0.2, 0) is 9.53 Å². The minimum Gasteiger partial charge on any atom is -0.380 e. The van der Waals surface area contributed by atoms with Crippen LogP contribution in [0.1, 0.15) is 19.3 Å². The Morgan fingerprint density at radius 3 is 3.08 bits per heavy atom. The van der Waals surface area contributed by atoms with Crippen LogP contribution in [0, 0.1) is 0 Å². The fraction of sp³-hybridized carbons (Fsp3) is 0.889. The first-order chi connectivity index (χ1) is 6.33. The molecule has 0 bridgehead atoms. The summed E-state index contributed by atoms with van der Waals surface area (Å²) in [6.45, 7) is 2.59. The second-order valence-electron chi connectivity index (χ2n) is 3.29. The third-order valence-corrected chi connectivity index (χ3v) is 2.22. The molecule has 13 heavy (non-hydrogen) atoms.